The summed E-state index contributed by atoms with van der Waals surface area (Å²) in [5, 5.41) is 2.62. The van der Waals surface area contributed by atoms with Gasteiger partial charge < -0.3 is 11.1 Å². The summed E-state index contributed by atoms with van der Waals surface area (Å²) in [6, 6.07) is 8.78. The van der Waals surface area contributed by atoms with Crippen molar-refractivity contribution in [2.75, 3.05) is 0 Å². The minimum absolute atomic E-state index is 0.00822. The molecule has 0 bridgehead atoms. The fourth-order valence-electron chi connectivity index (χ4n) is 2.46. The van der Waals surface area contributed by atoms with E-state index in [9.17, 15) is 13.2 Å². The minimum Gasteiger partial charge on any atom is -0.370 e. The molecule has 0 amide bonds. The van der Waals surface area contributed by atoms with Gasteiger partial charge in [0.25, 0.3) is 0 Å². The number of hydrogen-bond acceptors (Lipinski definition) is 7. The molecular weight excluding hydrogens is 347 g/mol. The van der Waals surface area contributed by atoms with Gasteiger partial charge in [-0.2, -0.15) is 13.2 Å². The van der Waals surface area contributed by atoms with Crippen molar-refractivity contribution in [2.45, 2.75) is 24.8 Å². The lowest BCUT2D eigenvalue weighted by atomic mass is 9.99. The lowest BCUT2D eigenvalue weighted by molar-refractivity contribution is -0.141. The topological polar surface area (TPSA) is 115 Å². The second-order valence-corrected chi connectivity index (χ2v) is 5.75. The second-order valence-electron chi connectivity index (χ2n) is 5.75. The molecule has 2 aromatic heterocycles. The van der Waals surface area contributed by atoms with Crippen LogP contribution in [0.5, 0.6) is 0 Å². The zero-order valence-electron chi connectivity index (χ0n) is 13.7. The second kappa shape index (κ2) is 6.37. The standard InChI is InChI=1S/C16H16F3N7/c1-9(10-5-2-3-8-22-10)16(21)25-13(24-14(20)26-16)11-6-4-7-12(23-11)15(17,18)19/h2-9H,21H2,1H3,(H3,20,24,25,26). The molecule has 0 radical (unpaired) electrons. The molecule has 0 aliphatic carbocycles. The fraction of sp³-hybridized carbons (Fsp3) is 0.250. The molecule has 5 N–H and O–H groups in total. The number of halogens is 3. The van der Waals surface area contributed by atoms with Gasteiger partial charge in [-0.3, -0.25) is 10.7 Å². The lowest BCUT2D eigenvalue weighted by Gasteiger charge is -2.31. The molecule has 0 fully saturated rings. The van der Waals surface area contributed by atoms with Crippen LogP contribution in [0.3, 0.4) is 0 Å². The first kappa shape index (κ1) is 17.8. The Morgan fingerprint density at radius 1 is 1.12 bits per heavy atom. The number of rotatable bonds is 3. The third kappa shape index (κ3) is 3.49. The van der Waals surface area contributed by atoms with Crippen LogP contribution in [0.1, 0.15) is 29.9 Å². The fourth-order valence-corrected chi connectivity index (χ4v) is 2.46. The van der Waals surface area contributed by atoms with Crippen molar-refractivity contribution in [3.63, 3.8) is 0 Å². The highest BCUT2D eigenvalue weighted by atomic mass is 19.4. The predicted molar refractivity (Wildman–Crippen MR) is 90.1 cm³/mol. The Hall–Kier alpha value is -3.01. The quantitative estimate of drug-likeness (QED) is 0.766. The summed E-state index contributed by atoms with van der Waals surface area (Å²) < 4.78 is 38.7. The molecule has 1 aliphatic rings. The van der Waals surface area contributed by atoms with Crippen molar-refractivity contribution in [2.24, 2.45) is 21.5 Å². The van der Waals surface area contributed by atoms with Crippen LogP contribution in [0, 0.1) is 0 Å². The Labute approximate surface area is 147 Å². The van der Waals surface area contributed by atoms with E-state index in [1.165, 1.54) is 12.1 Å². The van der Waals surface area contributed by atoms with Gasteiger partial charge in [0, 0.05) is 11.9 Å². The van der Waals surface area contributed by atoms with E-state index in [1.54, 1.807) is 31.3 Å². The number of aliphatic imine (C=N–C) groups is 2. The summed E-state index contributed by atoms with van der Waals surface area (Å²) in [6.45, 7) is 1.76. The first-order valence-corrected chi connectivity index (χ1v) is 7.66. The number of aromatic nitrogens is 2. The van der Waals surface area contributed by atoms with Crippen LogP contribution < -0.4 is 16.8 Å². The van der Waals surface area contributed by atoms with Gasteiger partial charge in [0.1, 0.15) is 11.4 Å². The average Bonchev–Trinajstić information content (AvgIpc) is 2.60. The van der Waals surface area contributed by atoms with Gasteiger partial charge in [0.2, 0.25) is 5.79 Å². The van der Waals surface area contributed by atoms with Crippen molar-refractivity contribution in [3.8, 4) is 0 Å². The maximum absolute atomic E-state index is 12.9. The number of nitrogens with two attached hydrogens (primary N) is 2. The highest BCUT2D eigenvalue weighted by molar-refractivity contribution is 6.08. The van der Waals surface area contributed by atoms with Gasteiger partial charge in [-0.15, -0.1) is 0 Å². The van der Waals surface area contributed by atoms with Gasteiger partial charge in [-0.25, -0.2) is 15.0 Å². The molecule has 0 aromatic carbocycles. The normalized spacial score (nSPS) is 21.4. The van der Waals surface area contributed by atoms with Crippen molar-refractivity contribution in [1.29, 1.82) is 0 Å². The van der Waals surface area contributed by atoms with Crippen LogP contribution in [0.4, 0.5) is 13.2 Å². The third-order valence-electron chi connectivity index (χ3n) is 3.89. The number of pyridine rings is 2. The number of nitrogens with one attached hydrogen (secondary N) is 1. The lowest BCUT2D eigenvalue weighted by Crippen LogP contribution is -2.53. The number of hydrogen-bond donors (Lipinski definition) is 3. The molecule has 3 rings (SSSR count). The number of nitrogens with zero attached hydrogens (tertiary/aromatic N) is 4. The average molecular weight is 363 g/mol. The first-order valence-electron chi connectivity index (χ1n) is 7.66. The molecule has 0 spiro atoms. The molecule has 136 valence electrons. The molecule has 1 aliphatic heterocycles. The summed E-state index contributed by atoms with van der Waals surface area (Å²) in [5.74, 6) is -2.08. The monoisotopic (exact) mass is 363 g/mol. The van der Waals surface area contributed by atoms with Gasteiger partial charge in [-0.1, -0.05) is 19.1 Å². The van der Waals surface area contributed by atoms with Crippen LogP contribution in [0.15, 0.2) is 52.6 Å². The maximum Gasteiger partial charge on any atom is 0.433 e. The SMILES string of the molecule is CC(c1ccccn1)C1(N)N=C(N)NC(c2cccc(C(F)(F)F)n2)=N1. The molecular formula is C16H16F3N7. The van der Waals surface area contributed by atoms with Gasteiger partial charge in [0.15, 0.2) is 11.8 Å². The molecule has 26 heavy (non-hydrogen) atoms. The first-order chi connectivity index (χ1) is 12.2. The summed E-state index contributed by atoms with van der Waals surface area (Å²) in [7, 11) is 0. The van der Waals surface area contributed by atoms with Crippen molar-refractivity contribution in [1.82, 2.24) is 15.3 Å². The van der Waals surface area contributed by atoms with Gasteiger partial charge in [-0.05, 0) is 24.3 Å². The summed E-state index contributed by atoms with van der Waals surface area (Å²) in [4.78, 5) is 16.2. The van der Waals surface area contributed by atoms with Crippen LogP contribution >= 0.6 is 0 Å². The van der Waals surface area contributed by atoms with Crippen molar-refractivity contribution >= 4 is 11.8 Å². The molecule has 10 heteroatoms. The highest BCUT2D eigenvalue weighted by Crippen LogP contribution is 2.30. The molecule has 3 heterocycles. The van der Waals surface area contributed by atoms with Gasteiger partial charge >= 0.3 is 6.18 Å². The Morgan fingerprint density at radius 3 is 2.54 bits per heavy atom. The van der Waals surface area contributed by atoms with E-state index in [2.05, 4.69) is 25.3 Å². The number of amidine groups is 1. The minimum atomic E-state index is -4.58. The molecule has 0 saturated heterocycles. The number of alkyl halides is 3. The third-order valence-corrected chi connectivity index (χ3v) is 3.89. The van der Waals surface area contributed by atoms with E-state index in [1.807, 2.05) is 0 Å². The van der Waals surface area contributed by atoms with Crippen LogP contribution in [-0.4, -0.2) is 27.5 Å². The van der Waals surface area contributed by atoms with E-state index >= 15 is 0 Å². The van der Waals surface area contributed by atoms with E-state index in [0.717, 1.165) is 6.07 Å². The van der Waals surface area contributed by atoms with E-state index < -0.39 is 23.6 Å². The Bertz CT molecular complexity index is 864. The molecule has 2 aromatic rings. The summed E-state index contributed by atoms with van der Waals surface area (Å²) in [6.07, 6.45) is -2.98. The molecule has 2 atom stereocenters. The zero-order valence-corrected chi connectivity index (χ0v) is 13.7. The Balaban J connectivity index is 2.02. The molecule has 7 nitrogen and oxygen atoms in total. The van der Waals surface area contributed by atoms with Gasteiger partial charge in [0.05, 0.1) is 5.92 Å². The summed E-state index contributed by atoms with van der Waals surface area (Å²) >= 11 is 0. The smallest absolute Gasteiger partial charge is 0.370 e. The van der Waals surface area contributed by atoms with Crippen molar-refractivity contribution in [3.05, 3.63) is 59.7 Å². The van der Waals surface area contributed by atoms with Crippen LogP contribution in [0.2, 0.25) is 0 Å². The van der Waals surface area contributed by atoms with Crippen molar-refractivity contribution < 1.29 is 13.2 Å². The van der Waals surface area contributed by atoms with Crippen LogP contribution in [0.25, 0.3) is 0 Å². The van der Waals surface area contributed by atoms with E-state index in [0.29, 0.717) is 5.69 Å². The Morgan fingerprint density at radius 2 is 1.88 bits per heavy atom. The van der Waals surface area contributed by atoms with E-state index in [4.69, 9.17) is 11.5 Å². The zero-order chi connectivity index (χ0) is 18.9. The molecule has 0 saturated carbocycles. The Kier molecular flexibility index (Phi) is 4.36. The molecule has 2 unspecified atom stereocenters. The van der Waals surface area contributed by atoms with Crippen LogP contribution in [-0.2, 0) is 6.18 Å². The predicted octanol–water partition coefficient (Wildman–Crippen LogP) is 1.58. The maximum atomic E-state index is 12.9. The summed E-state index contributed by atoms with van der Waals surface area (Å²) in [5.41, 5.74) is 11.6. The van der Waals surface area contributed by atoms with E-state index in [-0.39, 0.29) is 17.5 Å². The largest absolute Gasteiger partial charge is 0.433 e. The number of guanidine groups is 1. The highest BCUT2D eigenvalue weighted by Gasteiger charge is 2.38.